The monoisotopic (exact) mass is 182 g/mol. The third kappa shape index (κ3) is 2.08. The lowest BCUT2D eigenvalue weighted by molar-refractivity contribution is 0.0941. The van der Waals surface area contributed by atoms with Crippen molar-refractivity contribution in [3.63, 3.8) is 0 Å². The Bertz CT molecular complexity index is 256. The molecule has 2 heteroatoms. The van der Waals surface area contributed by atoms with Crippen LogP contribution in [0, 0.1) is 5.92 Å². The molecule has 0 fully saturated rings. The highest BCUT2D eigenvalue weighted by Gasteiger charge is 2.12. The highest BCUT2D eigenvalue weighted by Crippen LogP contribution is 2.09. The Labute approximate surface area is 77.4 Å². The minimum atomic E-state index is -0.0888. The van der Waals surface area contributed by atoms with E-state index in [0.717, 1.165) is 5.56 Å². The van der Waals surface area contributed by atoms with Crippen LogP contribution < -0.4 is 0 Å². The van der Waals surface area contributed by atoms with E-state index in [1.165, 1.54) is 0 Å². The smallest absolute Gasteiger partial charge is 0.166 e. The molecule has 0 aromatic heterocycles. The lowest BCUT2D eigenvalue weighted by Gasteiger charge is -2.04. The van der Waals surface area contributed by atoms with E-state index in [2.05, 4.69) is 0 Å². The topological polar surface area (TPSA) is 17.1 Å². The molecule has 1 aromatic rings. The standard InChI is InChI=1S/C10H11ClO/c1-8(7-11)10(12)9-5-3-2-4-6-9/h2-6,8H,7H2,1H3/t8-/m0/s1. The van der Waals surface area contributed by atoms with Crippen molar-refractivity contribution in [3.8, 4) is 0 Å². The number of Topliss-reactive ketones (excluding diaryl/α,β-unsaturated/α-hetero) is 1. The fourth-order valence-electron chi connectivity index (χ4n) is 0.957. The maximum absolute atomic E-state index is 11.5. The van der Waals surface area contributed by atoms with Gasteiger partial charge in [-0.25, -0.2) is 0 Å². The largest absolute Gasteiger partial charge is 0.294 e. The first-order valence-electron chi connectivity index (χ1n) is 3.91. The minimum absolute atomic E-state index is 0.0888. The Morgan fingerprint density at radius 3 is 2.50 bits per heavy atom. The molecule has 1 atom stereocenters. The molecule has 0 heterocycles. The van der Waals surface area contributed by atoms with Gasteiger partial charge in [0.05, 0.1) is 0 Å². The number of benzene rings is 1. The first-order chi connectivity index (χ1) is 5.75. The van der Waals surface area contributed by atoms with E-state index in [1.54, 1.807) is 0 Å². The molecule has 1 rings (SSSR count). The van der Waals surface area contributed by atoms with Crippen LogP contribution in [-0.4, -0.2) is 11.7 Å². The molecular formula is C10H11ClO. The van der Waals surface area contributed by atoms with Crippen LogP contribution in [-0.2, 0) is 0 Å². The lowest BCUT2D eigenvalue weighted by Crippen LogP contribution is -2.12. The van der Waals surface area contributed by atoms with Gasteiger partial charge in [0, 0.05) is 17.4 Å². The minimum Gasteiger partial charge on any atom is -0.294 e. The van der Waals surface area contributed by atoms with E-state index in [-0.39, 0.29) is 11.7 Å². The fourth-order valence-corrected chi connectivity index (χ4v) is 1.10. The molecule has 0 N–H and O–H groups in total. The maximum atomic E-state index is 11.5. The molecule has 1 aromatic carbocycles. The molecule has 0 amide bonds. The van der Waals surface area contributed by atoms with E-state index in [1.807, 2.05) is 37.3 Å². The summed E-state index contributed by atoms with van der Waals surface area (Å²) in [5.41, 5.74) is 0.741. The summed E-state index contributed by atoms with van der Waals surface area (Å²) in [7, 11) is 0. The number of rotatable bonds is 3. The molecule has 0 aliphatic rings. The Hall–Kier alpha value is -0.820. The van der Waals surface area contributed by atoms with Crippen molar-refractivity contribution in [1.29, 1.82) is 0 Å². The predicted octanol–water partition coefficient (Wildman–Crippen LogP) is 2.74. The summed E-state index contributed by atoms with van der Waals surface area (Å²) in [6.07, 6.45) is 0. The molecule has 12 heavy (non-hydrogen) atoms. The number of halogens is 1. The SMILES string of the molecule is C[C@@H](CCl)C(=O)c1ccccc1. The third-order valence-electron chi connectivity index (χ3n) is 1.74. The van der Waals surface area contributed by atoms with E-state index < -0.39 is 0 Å². The number of carbonyl (C=O) groups excluding carboxylic acids is 1. The van der Waals surface area contributed by atoms with Gasteiger partial charge in [0.15, 0.2) is 5.78 Å². The Balaban J connectivity index is 2.79. The third-order valence-corrected chi connectivity index (χ3v) is 2.20. The van der Waals surface area contributed by atoms with Gasteiger partial charge in [-0.15, -0.1) is 11.6 Å². The van der Waals surface area contributed by atoms with Gasteiger partial charge in [-0.2, -0.15) is 0 Å². The molecule has 64 valence electrons. The summed E-state index contributed by atoms with van der Waals surface area (Å²) >= 11 is 5.58. The second kappa shape index (κ2) is 4.27. The second-order valence-corrected chi connectivity index (χ2v) is 3.09. The van der Waals surface area contributed by atoms with Gasteiger partial charge in [0.25, 0.3) is 0 Å². The van der Waals surface area contributed by atoms with E-state index >= 15 is 0 Å². The van der Waals surface area contributed by atoms with Gasteiger partial charge in [0.2, 0.25) is 0 Å². The van der Waals surface area contributed by atoms with Crippen LogP contribution in [0.2, 0.25) is 0 Å². The summed E-state index contributed by atoms with van der Waals surface area (Å²) in [6.45, 7) is 1.84. The van der Waals surface area contributed by atoms with Crippen LogP contribution in [0.15, 0.2) is 30.3 Å². The van der Waals surface area contributed by atoms with Crippen LogP contribution in [0.5, 0.6) is 0 Å². The summed E-state index contributed by atoms with van der Waals surface area (Å²) in [5.74, 6) is 0.410. The molecular weight excluding hydrogens is 172 g/mol. The summed E-state index contributed by atoms with van der Waals surface area (Å²) in [6, 6.07) is 9.22. The van der Waals surface area contributed by atoms with Gasteiger partial charge in [-0.1, -0.05) is 37.3 Å². The summed E-state index contributed by atoms with van der Waals surface area (Å²) < 4.78 is 0. The highest BCUT2D eigenvalue weighted by molar-refractivity contribution is 6.20. The normalized spacial score (nSPS) is 12.5. The van der Waals surface area contributed by atoms with Gasteiger partial charge < -0.3 is 0 Å². The zero-order valence-corrected chi connectivity index (χ0v) is 7.71. The molecule has 0 aliphatic carbocycles. The van der Waals surface area contributed by atoms with Crippen molar-refractivity contribution in [2.45, 2.75) is 6.92 Å². The van der Waals surface area contributed by atoms with Crippen LogP contribution in [0.3, 0.4) is 0 Å². The zero-order valence-electron chi connectivity index (χ0n) is 6.96. The zero-order chi connectivity index (χ0) is 8.97. The van der Waals surface area contributed by atoms with Crippen LogP contribution in [0.4, 0.5) is 0 Å². The maximum Gasteiger partial charge on any atom is 0.166 e. The number of hydrogen-bond donors (Lipinski definition) is 0. The molecule has 1 nitrogen and oxygen atoms in total. The van der Waals surface area contributed by atoms with Crippen molar-refractivity contribution in [2.24, 2.45) is 5.92 Å². The average molecular weight is 183 g/mol. The quantitative estimate of drug-likeness (QED) is 0.519. The van der Waals surface area contributed by atoms with Gasteiger partial charge >= 0.3 is 0 Å². The van der Waals surface area contributed by atoms with Crippen LogP contribution >= 0.6 is 11.6 Å². The molecule has 0 saturated heterocycles. The predicted molar refractivity (Wildman–Crippen MR) is 50.7 cm³/mol. The highest BCUT2D eigenvalue weighted by atomic mass is 35.5. The van der Waals surface area contributed by atoms with Crippen molar-refractivity contribution in [2.75, 3.05) is 5.88 Å². The number of hydrogen-bond acceptors (Lipinski definition) is 1. The lowest BCUT2D eigenvalue weighted by atomic mass is 10.0. The van der Waals surface area contributed by atoms with Gasteiger partial charge in [-0.05, 0) is 0 Å². The van der Waals surface area contributed by atoms with Crippen molar-refractivity contribution >= 4 is 17.4 Å². The number of alkyl halides is 1. The molecule has 0 spiro atoms. The first kappa shape index (κ1) is 9.27. The van der Waals surface area contributed by atoms with Crippen molar-refractivity contribution < 1.29 is 4.79 Å². The van der Waals surface area contributed by atoms with E-state index in [4.69, 9.17) is 11.6 Å². The first-order valence-corrected chi connectivity index (χ1v) is 4.44. The average Bonchev–Trinajstić information content (AvgIpc) is 2.17. The number of carbonyl (C=O) groups is 1. The number of ketones is 1. The second-order valence-electron chi connectivity index (χ2n) is 2.79. The molecule has 0 radical (unpaired) electrons. The van der Waals surface area contributed by atoms with Crippen LogP contribution in [0.1, 0.15) is 17.3 Å². The Morgan fingerprint density at radius 2 is 2.00 bits per heavy atom. The van der Waals surface area contributed by atoms with Crippen molar-refractivity contribution in [1.82, 2.24) is 0 Å². The summed E-state index contributed by atoms with van der Waals surface area (Å²) in [4.78, 5) is 11.5. The van der Waals surface area contributed by atoms with Gasteiger partial charge in [-0.3, -0.25) is 4.79 Å². The molecule has 0 bridgehead atoms. The molecule has 0 aliphatic heterocycles. The Morgan fingerprint density at radius 1 is 1.42 bits per heavy atom. The summed E-state index contributed by atoms with van der Waals surface area (Å²) in [5, 5.41) is 0. The fraction of sp³-hybridized carbons (Fsp3) is 0.300. The Kier molecular flexibility index (Phi) is 3.30. The molecule has 0 saturated carbocycles. The van der Waals surface area contributed by atoms with Gasteiger partial charge in [0.1, 0.15) is 0 Å². The van der Waals surface area contributed by atoms with E-state index in [0.29, 0.717) is 5.88 Å². The molecule has 0 unspecified atom stereocenters. The van der Waals surface area contributed by atoms with E-state index in [9.17, 15) is 4.79 Å². The van der Waals surface area contributed by atoms with Crippen LogP contribution in [0.25, 0.3) is 0 Å². The van der Waals surface area contributed by atoms with Crippen molar-refractivity contribution in [3.05, 3.63) is 35.9 Å².